The summed E-state index contributed by atoms with van der Waals surface area (Å²) in [7, 11) is 0. The van der Waals surface area contributed by atoms with Gasteiger partial charge in [-0.05, 0) is 6.07 Å². The maximum atomic E-state index is 9.68. The molecule has 0 bridgehead atoms. The summed E-state index contributed by atoms with van der Waals surface area (Å²) in [5.74, 6) is -0.0232. The van der Waals surface area contributed by atoms with Crippen LogP contribution in [0.3, 0.4) is 0 Å². The number of hydrogen-bond acceptors (Lipinski definition) is 4. The van der Waals surface area contributed by atoms with E-state index in [4.69, 9.17) is 11.6 Å². The van der Waals surface area contributed by atoms with Crippen LogP contribution in [0.25, 0.3) is 11.0 Å². The van der Waals surface area contributed by atoms with Crippen LogP contribution in [0.5, 0.6) is 0 Å². The van der Waals surface area contributed by atoms with Crippen LogP contribution in [0.4, 0.5) is 0 Å². The number of nitrogens with one attached hydrogen (secondary N) is 1. The van der Waals surface area contributed by atoms with Crippen molar-refractivity contribution in [3.8, 4) is 0 Å². The first-order valence-electron chi connectivity index (χ1n) is 4.43. The van der Waals surface area contributed by atoms with Crippen LogP contribution in [-0.4, -0.2) is 37.4 Å². The van der Waals surface area contributed by atoms with Crippen molar-refractivity contribution < 1.29 is 10.2 Å². The molecular formula is C9H10ClN3O2. The minimum atomic E-state index is -1.02. The Kier molecular flexibility index (Phi) is 2.86. The Morgan fingerprint density at radius 2 is 2.20 bits per heavy atom. The lowest BCUT2D eigenvalue weighted by Gasteiger charge is -2.14. The topological polar surface area (TPSA) is 82.0 Å². The van der Waals surface area contributed by atoms with Gasteiger partial charge in [0, 0.05) is 17.1 Å². The fourth-order valence-electron chi connectivity index (χ4n) is 1.32. The fourth-order valence-corrected chi connectivity index (χ4v) is 1.49. The number of alkyl halides is 1. The molecule has 2 rings (SSSR count). The molecular weight excluding hydrogens is 218 g/mol. The van der Waals surface area contributed by atoms with E-state index in [0.29, 0.717) is 11.2 Å². The number of halogens is 1. The summed E-state index contributed by atoms with van der Waals surface area (Å²) in [4.78, 5) is 4.05. The molecule has 0 amide bonds. The van der Waals surface area contributed by atoms with E-state index in [1.807, 2.05) is 0 Å². The van der Waals surface area contributed by atoms with Crippen molar-refractivity contribution in [3.05, 3.63) is 24.0 Å². The van der Waals surface area contributed by atoms with Gasteiger partial charge in [-0.25, -0.2) is 4.98 Å². The highest BCUT2D eigenvalue weighted by Gasteiger charge is 2.18. The van der Waals surface area contributed by atoms with Crippen LogP contribution in [0.2, 0.25) is 0 Å². The van der Waals surface area contributed by atoms with Crippen LogP contribution in [0, 0.1) is 0 Å². The summed E-state index contributed by atoms with van der Waals surface area (Å²) in [6.45, 7) is 0. The van der Waals surface area contributed by atoms with Crippen LogP contribution in [0.15, 0.2) is 18.5 Å². The van der Waals surface area contributed by atoms with Crippen molar-refractivity contribution in [2.24, 2.45) is 0 Å². The quantitative estimate of drug-likeness (QED) is 0.671. The van der Waals surface area contributed by atoms with E-state index in [1.54, 1.807) is 12.3 Å². The lowest BCUT2D eigenvalue weighted by Crippen LogP contribution is -2.19. The number of pyridine rings is 1. The number of aliphatic hydroxyl groups is 2. The Morgan fingerprint density at radius 1 is 1.40 bits per heavy atom. The normalized spacial score (nSPS) is 15.4. The van der Waals surface area contributed by atoms with Crippen molar-refractivity contribution in [1.29, 1.82) is 0 Å². The van der Waals surface area contributed by atoms with Gasteiger partial charge in [-0.15, -0.1) is 11.6 Å². The summed E-state index contributed by atoms with van der Waals surface area (Å²) >= 11 is 5.44. The second-order valence-corrected chi connectivity index (χ2v) is 3.55. The fraction of sp³-hybridized carbons (Fsp3) is 0.333. The first kappa shape index (κ1) is 10.4. The monoisotopic (exact) mass is 227 g/mol. The Morgan fingerprint density at radius 3 is 2.93 bits per heavy atom. The molecule has 0 radical (unpaired) electrons. The van der Waals surface area contributed by atoms with E-state index >= 15 is 0 Å². The molecule has 0 aromatic carbocycles. The Labute approximate surface area is 90.7 Å². The third-order valence-corrected chi connectivity index (χ3v) is 2.49. The smallest absolute Gasteiger partial charge is 0.155 e. The van der Waals surface area contributed by atoms with Gasteiger partial charge in [0.15, 0.2) is 5.65 Å². The number of aromatic nitrogens is 3. The molecule has 6 heteroatoms. The summed E-state index contributed by atoms with van der Waals surface area (Å²) in [6, 6.07) is 1.71. The third-order valence-electron chi connectivity index (χ3n) is 2.18. The zero-order chi connectivity index (χ0) is 10.8. The predicted molar refractivity (Wildman–Crippen MR) is 55.6 cm³/mol. The molecule has 15 heavy (non-hydrogen) atoms. The molecule has 80 valence electrons. The average Bonchev–Trinajstić information content (AvgIpc) is 2.73. The molecule has 2 atom stereocenters. The molecule has 2 aromatic rings. The van der Waals surface area contributed by atoms with Crippen molar-refractivity contribution >= 4 is 22.6 Å². The van der Waals surface area contributed by atoms with Crippen molar-refractivity contribution in [2.45, 2.75) is 12.2 Å². The van der Waals surface area contributed by atoms with E-state index in [9.17, 15) is 10.2 Å². The SMILES string of the molecule is OC(CCl)C(O)c1cnc2[nH]ncc2c1. The van der Waals surface area contributed by atoms with Gasteiger partial charge in [0.1, 0.15) is 6.10 Å². The summed E-state index contributed by atoms with van der Waals surface area (Å²) in [6.07, 6.45) is 1.08. The highest BCUT2D eigenvalue weighted by molar-refractivity contribution is 6.18. The lowest BCUT2D eigenvalue weighted by molar-refractivity contribution is 0.0326. The molecule has 0 fully saturated rings. The minimum absolute atomic E-state index is 0.0232. The van der Waals surface area contributed by atoms with Crippen molar-refractivity contribution in [1.82, 2.24) is 15.2 Å². The van der Waals surface area contributed by atoms with Gasteiger partial charge in [0.05, 0.1) is 18.2 Å². The lowest BCUT2D eigenvalue weighted by atomic mass is 10.1. The zero-order valence-corrected chi connectivity index (χ0v) is 8.52. The molecule has 5 nitrogen and oxygen atoms in total. The molecule has 3 N–H and O–H groups in total. The van der Waals surface area contributed by atoms with Gasteiger partial charge < -0.3 is 10.2 Å². The van der Waals surface area contributed by atoms with Crippen molar-refractivity contribution in [2.75, 3.05) is 5.88 Å². The highest BCUT2D eigenvalue weighted by Crippen LogP contribution is 2.20. The second kappa shape index (κ2) is 4.14. The molecule has 0 aliphatic carbocycles. The summed E-state index contributed by atoms with van der Waals surface area (Å²) < 4.78 is 0. The van der Waals surface area contributed by atoms with E-state index < -0.39 is 12.2 Å². The van der Waals surface area contributed by atoms with Crippen molar-refractivity contribution in [3.63, 3.8) is 0 Å². The predicted octanol–water partition coefficient (Wildman–Crippen LogP) is 0.591. The Balaban J connectivity index is 2.35. The molecule has 2 unspecified atom stereocenters. The molecule has 0 saturated heterocycles. The number of rotatable bonds is 3. The zero-order valence-electron chi connectivity index (χ0n) is 7.76. The van der Waals surface area contributed by atoms with Gasteiger partial charge in [-0.3, -0.25) is 5.10 Å². The average molecular weight is 228 g/mol. The minimum Gasteiger partial charge on any atom is -0.389 e. The molecule has 0 spiro atoms. The first-order valence-corrected chi connectivity index (χ1v) is 4.97. The van der Waals surface area contributed by atoms with Gasteiger partial charge in [-0.2, -0.15) is 5.10 Å². The Hall–Kier alpha value is -1.17. The summed E-state index contributed by atoms with van der Waals surface area (Å²) in [5, 5.41) is 26.3. The Bertz CT molecular complexity index is 459. The first-order chi connectivity index (χ1) is 7.22. The van der Waals surface area contributed by atoms with E-state index in [1.165, 1.54) is 6.20 Å². The molecule has 0 saturated carbocycles. The number of hydrogen-bond donors (Lipinski definition) is 3. The van der Waals surface area contributed by atoms with Crippen LogP contribution >= 0.6 is 11.6 Å². The highest BCUT2D eigenvalue weighted by atomic mass is 35.5. The van der Waals surface area contributed by atoms with Gasteiger partial charge in [-0.1, -0.05) is 0 Å². The number of aromatic amines is 1. The van der Waals surface area contributed by atoms with Crippen LogP contribution < -0.4 is 0 Å². The van der Waals surface area contributed by atoms with Crippen LogP contribution in [-0.2, 0) is 0 Å². The van der Waals surface area contributed by atoms with Gasteiger partial charge in [0.2, 0.25) is 0 Å². The van der Waals surface area contributed by atoms with E-state index in [2.05, 4.69) is 15.2 Å². The van der Waals surface area contributed by atoms with E-state index in [-0.39, 0.29) is 5.88 Å². The maximum Gasteiger partial charge on any atom is 0.155 e. The number of fused-ring (bicyclic) bond motifs is 1. The number of nitrogens with zero attached hydrogens (tertiary/aromatic N) is 2. The number of H-pyrrole nitrogens is 1. The standard InChI is InChI=1S/C9H10ClN3O2/c10-2-7(14)8(15)5-1-6-4-12-13-9(6)11-3-5/h1,3-4,7-8,14-15H,2H2,(H,11,12,13). The molecule has 2 aromatic heterocycles. The third kappa shape index (κ3) is 1.94. The van der Waals surface area contributed by atoms with Gasteiger partial charge >= 0.3 is 0 Å². The van der Waals surface area contributed by atoms with Gasteiger partial charge in [0.25, 0.3) is 0 Å². The van der Waals surface area contributed by atoms with E-state index in [0.717, 1.165) is 5.39 Å². The van der Waals surface area contributed by atoms with Crippen LogP contribution in [0.1, 0.15) is 11.7 Å². The maximum absolute atomic E-state index is 9.68. The molecule has 0 aliphatic rings. The molecule has 2 heterocycles. The largest absolute Gasteiger partial charge is 0.389 e. The second-order valence-electron chi connectivity index (χ2n) is 3.24. The number of aliphatic hydroxyl groups excluding tert-OH is 2. The molecule has 0 aliphatic heterocycles. The summed E-state index contributed by atoms with van der Waals surface area (Å²) in [5.41, 5.74) is 1.17.